The largest absolute Gasteiger partial charge is 0.508 e. The Kier molecular flexibility index (Phi) is 4.23. The first-order valence-electron chi connectivity index (χ1n) is 6.79. The highest BCUT2D eigenvalue weighted by Crippen LogP contribution is 2.28. The molecule has 1 aromatic heterocycles. The van der Waals surface area contributed by atoms with Crippen molar-refractivity contribution in [1.29, 1.82) is 0 Å². The van der Waals surface area contributed by atoms with E-state index >= 15 is 0 Å². The molecule has 5 nitrogen and oxygen atoms in total. The Morgan fingerprint density at radius 1 is 1.27 bits per heavy atom. The van der Waals surface area contributed by atoms with Gasteiger partial charge >= 0.3 is 0 Å². The SMILES string of the molecule is Cc1c(C(C)(C)C)s/c(=N/S(=O)(=O)c2cccc(O)c2)n1C. The zero-order valence-electron chi connectivity index (χ0n) is 13.3. The van der Waals surface area contributed by atoms with Crippen LogP contribution in [0.1, 0.15) is 31.3 Å². The molecule has 1 heterocycles. The Labute approximate surface area is 134 Å². The van der Waals surface area contributed by atoms with Crippen LogP contribution in [0.2, 0.25) is 0 Å². The van der Waals surface area contributed by atoms with E-state index in [1.54, 1.807) is 11.6 Å². The Bertz CT molecular complexity index is 869. The summed E-state index contributed by atoms with van der Waals surface area (Å²) >= 11 is 1.37. The number of nitrogens with zero attached hydrogens (tertiary/aromatic N) is 2. The molecule has 0 aliphatic heterocycles. The molecular weight excluding hydrogens is 320 g/mol. The van der Waals surface area contributed by atoms with Gasteiger partial charge in [-0.15, -0.1) is 15.7 Å². The third kappa shape index (κ3) is 3.25. The molecule has 1 N–H and O–H groups in total. The Hall–Kier alpha value is -1.60. The van der Waals surface area contributed by atoms with E-state index in [2.05, 4.69) is 25.2 Å². The van der Waals surface area contributed by atoms with Gasteiger partial charge in [0.1, 0.15) is 5.75 Å². The average molecular weight is 340 g/mol. The Balaban J connectivity index is 2.64. The summed E-state index contributed by atoms with van der Waals surface area (Å²) in [6, 6.07) is 5.53. The van der Waals surface area contributed by atoms with Crippen LogP contribution >= 0.6 is 11.3 Å². The van der Waals surface area contributed by atoms with Crippen molar-refractivity contribution in [3.8, 4) is 5.75 Å². The third-order valence-corrected chi connectivity index (χ3v) is 6.35. The van der Waals surface area contributed by atoms with Crippen molar-refractivity contribution in [3.05, 3.63) is 39.6 Å². The molecule has 22 heavy (non-hydrogen) atoms. The summed E-state index contributed by atoms with van der Waals surface area (Å²) in [5.41, 5.74) is 0.928. The number of hydrogen-bond acceptors (Lipinski definition) is 4. The quantitative estimate of drug-likeness (QED) is 0.913. The van der Waals surface area contributed by atoms with E-state index in [4.69, 9.17) is 0 Å². The number of phenolic OH excluding ortho intramolecular Hbond substituents is 1. The first-order chi connectivity index (χ1) is 10.0. The maximum atomic E-state index is 12.4. The second-order valence-electron chi connectivity index (χ2n) is 6.17. The highest BCUT2D eigenvalue weighted by Gasteiger charge is 2.22. The topological polar surface area (TPSA) is 71.7 Å². The molecule has 0 fully saturated rings. The number of thiazole rings is 1. The fraction of sp³-hybridized carbons (Fsp3) is 0.400. The van der Waals surface area contributed by atoms with Crippen LogP contribution in [-0.4, -0.2) is 18.1 Å². The molecule has 0 amide bonds. The van der Waals surface area contributed by atoms with Gasteiger partial charge in [-0.3, -0.25) is 0 Å². The monoisotopic (exact) mass is 340 g/mol. The fourth-order valence-electron chi connectivity index (χ4n) is 2.10. The van der Waals surface area contributed by atoms with E-state index in [1.165, 1.54) is 35.6 Å². The van der Waals surface area contributed by atoms with Crippen LogP contribution in [0.4, 0.5) is 0 Å². The molecule has 0 unspecified atom stereocenters. The number of phenols is 1. The van der Waals surface area contributed by atoms with Crippen LogP contribution < -0.4 is 4.80 Å². The highest BCUT2D eigenvalue weighted by molar-refractivity contribution is 7.90. The summed E-state index contributed by atoms with van der Waals surface area (Å²) in [4.78, 5) is 1.50. The minimum atomic E-state index is -3.85. The number of aromatic nitrogens is 1. The molecule has 0 bridgehead atoms. The maximum absolute atomic E-state index is 12.4. The van der Waals surface area contributed by atoms with Gasteiger partial charge < -0.3 is 9.67 Å². The van der Waals surface area contributed by atoms with Crippen LogP contribution in [0.3, 0.4) is 0 Å². The van der Waals surface area contributed by atoms with E-state index in [9.17, 15) is 13.5 Å². The fourth-order valence-corrected chi connectivity index (χ4v) is 4.55. The number of hydrogen-bond donors (Lipinski definition) is 1. The van der Waals surface area contributed by atoms with Crippen molar-refractivity contribution in [2.75, 3.05) is 0 Å². The van der Waals surface area contributed by atoms with Crippen molar-refractivity contribution in [3.63, 3.8) is 0 Å². The minimum Gasteiger partial charge on any atom is -0.508 e. The van der Waals surface area contributed by atoms with Crippen LogP contribution in [0, 0.1) is 6.92 Å². The molecule has 0 saturated carbocycles. The molecule has 0 spiro atoms. The van der Waals surface area contributed by atoms with Crippen LogP contribution in [-0.2, 0) is 22.5 Å². The standard InChI is InChI=1S/C15H20N2O3S2/c1-10-13(15(2,3)4)21-14(17(10)5)16-22(19,20)12-8-6-7-11(18)9-12/h6-9,18H,1-5H3/b16-14+. The lowest BCUT2D eigenvalue weighted by atomic mass is 9.93. The molecule has 2 aromatic rings. The first kappa shape index (κ1) is 16.8. The molecular formula is C15H20N2O3S2. The molecule has 120 valence electrons. The van der Waals surface area contributed by atoms with Gasteiger partial charge in [0.2, 0.25) is 4.80 Å². The summed E-state index contributed by atoms with van der Waals surface area (Å²) in [6.45, 7) is 8.20. The van der Waals surface area contributed by atoms with Gasteiger partial charge in [0.05, 0.1) is 4.90 Å². The molecule has 0 radical (unpaired) electrons. The summed E-state index contributed by atoms with van der Waals surface area (Å²) in [7, 11) is -2.05. The number of benzene rings is 1. The second kappa shape index (κ2) is 5.55. The van der Waals surface area contributed by atoms with Crippen molar-refractivity contribution < 1.29 is 13.5 Å². The van der Waals surface area contributed by atoms with E-state index in [1.807, 2.05) is 6.92 Å². The molecule has 1 aromatic carbocycles. The number of sulfonamides is 1. The molecule has 0 aliphatic carbocycles. The van der Waals surface area contributed by atoms with Gasteiger partial charge in [0.15, 0.2) is 0 Å². The maximum Gasteiger partial charge on any atom is 0.285 e. The van der Waals surface area contributed by atoms with Gasteiger partial charge in [-0.2, -0.15) is 8.42 Å². The van der Waals surface area contributed by atoms with Gasteiger partial charge in [0, 0.05) is 23.7 Å². The smallest absolute Gasteiger partial charge is 0.285 e. The Morgan fingerprint density at radius 2 is 1.91 bits per heavy atom. The Morgan fingerprint density at radius 3 is 2.41 bits per heavy atom. The predicted molar refractivity (Wildman–Crippen MR) is 87.6 cm³/mol. The molecule has 2 rings (SSSR count). The lowest BCUT2D eigenvalue weighted by Gasteiger charge is -2.17. The van der Waals surface area contributed by atoms with Crippen LogP contribution in [0.5, 0.6) is 5.75 Å². The van der Waals surface area contributed by atoms with Gasteiger partial charge in [-0.25, -0.2) is 0 Å². The average Bonchev–Trinajstić information content (AvgIpc) is 2.66. The van der Waals surface area contributed by atoms with Crippen molar-refractivity contribution in [2.24, 2.45) is 11.4 Å². The van der Waals surface area contributed by atoms with Crippen molar-refractivity contribution >= 4 is 21.4 Å². The highest BCUT2D eigenvalue weighted by atomic mass is 32.2. The molecule has 7 heteroatoms. The van der Waals surface area contributed by atoms with E-state index in [0.29, 0.717) is 4.80 Å². The van der Waals surface area contributed by atoms with Crippen molar-refractivity contribution in [1.82, 2.24) is 4.57 Å². The molecule has 0 saturated heterocycles. The van der Waals surface area contributed by atoms with E-state index in [0.717, 1.165) is 10.6 Å². The van der Waals surface area contributed by atoms with Gasteiger partial charge in [0.25, 0.3) is 10.0 Å². The van der Waals surface area contributed by atoms with Gasteiger partial charge in [-0.05, 0) is 24.5 Å². The summed E-state index contributed by atoms with van der Waals surface area (Å²) < 4.78 is 30.5. The summed E-state index contributed by atoms with van der Waals surface area (Å²) in [5, 5.41) is 9.44. The van der Waals surface area contributed by atoms with E-state index < -0.39 is 10.0 Å². The number of aromatic hydroxyl groups is 1. The van der Waals surface area contributed by atoms with Crippen LogP contribution in [0.15, 0.2) is 33.6 Å². The first-order valence-corrected chi connectivity index (χ1v) is 9.05. The van der Waals surface area contributed by atoms with Gasteiger partial charge in [-0.1, -0.05) is 26.8 Å². The predicted octanol–water partition coefficient (Wildman–Crippen LogP) is 2.69. The van der Waals surface area contributed by atoms with Crippen LogP contribution in [0.25, 0.3) is 0 Å². The number of rotatable bonds is 2. The normalized spacial score (nSPS) is 13.6. The third-order valence-electron chi connectivity index (χ3n) is 3.31. The van der Waals surface area contributed by atoms with E-state index in [-0.39, 0.29) is 16.1 Å². The zero-order valence-corrected chi connectivity index (χ0v) is 14.9. The summed E-state index contributed by atoms with van der Waals surface area (Å²) in [6.07, 6.45) is 0. The second-order valence-corrected chi connectivity index (χ2v) is 8.75. The molecule has 0 atom stereocenters. The lowest BCUT2D eigenvalue weighted by molar-refractivity contribution is 0.473. The van der Waals surface area contributed by atoms with Crippen molar-refractivity contribution in [2.45, 2.75) is 38.0 Å². The minimum absolute atomic E-state index is 0.0177. The zero-order chi connectivity index (χ0) is 16.7. The summed E-state index contributed by atoms with van der Waals surface area (Å²) in [5.74, 6) is -0.0987. The lowest BCUT2D eigenvalue weighted by Crippen LogP contribution is -2.15. The molecule has 0 aliphatic rings.